The van der Waals surface area contributed by atoms with Crippen LogP contribution in [0.4, 0.5) is 0 Å². The second-order valence-electron chi connectivity index (χ2n) is 7.93. The van der Waals surface area contributed by atoms with Crippen LogP contribution in [0.5, 0.6) is 0 Å². The second kappa shape index (κ2) is 6.93. The molecule has 2 aromatic rings. The van der Waals surface area contributed by atoms with Crippen LogP contribution in [0.1, 0.15) is 43.7 Å². The highest BCUT2D eigenvalue weighted by molar-refractivity contribution is 5.24. The SMILES string of the molecule is CC[C@]1(O)CCC[C@H]2CN(Cc3cccc(Cn4cccn4)c3)C[C@H]21. The Labute approximate surface area is 150 Å². The highest BCUT2D eigenvalue weighted by atomic mass is 16.3. The van der Waals surface area contributed by atoms with Crippen LogP contribution in [0.15, 0.2) is 42.7 Å². The topological polar surface area (TPSA) is 41.3 Å². The van der Waals surface area contributed by atoms with Crippen molar-refractivity contribution in [3.63, 3.8) is 0 Å². The maximum Gasteiger partial charge on any atom is 0.0688 e. The van der Waals surface area contributed by atoms with E-state index in [9.17, 15) is 5.11 Å². The Hall–Kier alpha value is -1.65. The number of likely N-dealkylation sites (tertiary alicyclic amines) is 1. The van der Waals surface area contributed by atoms with Crippen LogP contribution in [-0.2, 0) is 13.1 Å². The minimum atomic E-state index is -0.431. The fourth-order valence-electron chi connectivity index (χ4n) is 4.95. The largest absolute Gasteiger partial charge is 0.390 e. The van der Waals surface area contributed by atoms with Crippen molar-refractivity contribution in [1.29, 1.82) is 0 Å². The fourth-order valence-corrected chi connectivity index (χ4v) is 4.95. The molecule has 25 heavy (non-hydrogen) atoms. The van der Waals surface area contributed by atoms with Crippen molar-refractivity contribution < 1.29 is 5.11 Å². The van der Waals surface area contributed by atoms with Crippen molar-refractivity contribution in [1.82, 2.24) is 14.7 Å². The van der Waals surface area contributed by atoms with E-state index >= 15 is 0 Å². The molecule has 0 spiro atoms. The summed E-state index contributed by atoms with van der Waals surface area (Å²) in [6.45, 7) is 6.12. The van der Waals surface area contributed by atoms with Crippen LogP contribution in [-0.4, -0.2) is 38.5 Å². The summed E-state index contributed by atoms with van der Waals surface area (Å²) in [6.07, 6.45) is 8.16. The molecule has 2 aliphatic rings. The van der Waals surface area contributed by atoms with Gasteiger partial charge in [-0.3, -0.25) is 9.58 Å². The van der Waals surface area contributed by atoms with Gasteiger partial charge < -0.3 is 5.11 Å². The number of benzene rings is 1. The predicted molar refractivity (Wildman–Crippen MR) is 99.1 cm³/mol. The first-order valence-corrected chi connectivity index (χ1v) is 9.66. The molecular weight excluding hydrogens is 310 g/mol. The monoisotopic (exact) mass is 339 g/mol. The van der Waals surface area contributed by atoms with Crippen molar-refractivity contribution >= 4 is 0 Å². The highest BCUT2D eigenvalue weighted by Gasteiger charge is 2.47. The molecule has 2 fully saturated rings. The van der Waals surface area contributed by atoms with Gasteiger partial charge in [0.2, 0.25) is 0 Å². The minimum Gasteiger partial charge on any atom is -0.390 e. The standard InChI is InChI=1S/C21H29N3O/c1-2-21(25)9-4-8-19-15-23(16-20(19)21)13-17-6-3-7-18(12-17)14-24-11-5-10-22-24/h3,5-7,10-12,19-20,25H,2,4,8-9,13-16H2,1H3/t19-,20+,21-/m0/s1. The Bertz CT molecular complexity index is 699. The molecule has 0 amide bonds. The molecule has 1 aromatic heterocycles. The van der Waals surface area contributed by atoms with Crippen molar-refractivity contribution in [3.8, 4) is 0 Å². The molecule has 1 N–H and O–H groups in total. The van der Waals surface area contributed by atoms with Gasteiger partial charge in [-0.1, -0.05) is 37.6 Å². The normalized spacial score (nSPS) is 29.7. The van der Waals surface area contributed by atoms with Gasteiger partial charge in [0.25, 0.3) is 0 Å². The van der Waals surface area contributed by atoms with Gasteiger partial charge in [0.1, 0.15) is 0 Å². The predicted octanol–water partition coefficient (Wildman–Crippen LogP) is 3.30. The maximum absolute atomic E-state index is 11.0. The number of hydrogen-bond donors (Lipinski definition) is 1. The quantitative estimate of drug-likeness (QED) is 0.909. The number of hydrogen-bond acceptors (Lipinski definition) is 3. The molecule has 1 aliphatic carbocycles. The average molecular weight is 339 g/mol. The van der Waals surface area contributed by atoms with E-state index in [4.69, 9.17) is 0 Å². The van der Waals surface area contributed by atoms with E-state index in [2.05, 4.69) is 41.2 Å². The van der Waals surface area contributed by atoms with Gasteiger partial charge in [-0.05, 0) is 42.4 Å². The summed E-state index contributed by atoms with van der Waals surface area (Å²) < 4.78 is 1.96. The molecule has 4 nitrogen and oxygen atoms in total. The first-order valence-electron chi connectivity index (χ1n) is 9.66. The lowest BCUT2D eigenvalue weighted by Crippen LogP contribution is -2.44. The Morgan fingerprint density at radius 1 is 1.20 bits per heavy atom. The van der Waals surface area contributed by atoms with E-state index in [1.165, 1.54) is 24.0 Å². The van der Waals surface area contributed by atoms with Gasteiger partial charge in [-0.2, -0.15) is 5.10 Å². The molecule has 1 saturated heterocycles. The summed E-state index contributed by atoms with van der Waals surface area (Å²) in [7, 11) is 0. The van der Waals surface area contributed by atoms with Crippen LogP contribution in [0.3, 0.4) is 0 Å². The van der Waals surface area contributed by atoms with E-state index in [0.717, 1.165) is 39.0 Å². The van der Waals surface area contributed by atoms with E-state index in [-0.39, 0.29) is 0 Å². The summed E-state index contributed by atoms with van der Waals surface area (Å²) in [5, 5.41) is 15.3. The molecule has 0 bridgehead atoms. The fraction of sp³-hybridized carbons (Fsp3) is 0.571. The van der Waals surface area contributed by atoms with Crippen LogP contribution in [0.25, 0.3) is 0 Å². The van der Waals surface area contributed by atoms with Crippen molar-refractivity contribution in [2.45, 2.75) is 51.3 Å². The van der Waals surface area contributed by atoms with E-state index in [1.807, 2.05) is 23.1 Å². The van der Waals surface area contributed by atoms with Crippen LogP contribution in [0.2, 0.25) is 0 Å². The van der Waals surface area contributed by atoms with E-state index in [0.29, 0.717) is 11.8 Å². The lowest BCUT2D eigenvalue weighted by molar-refractivity contribution is -0.0613. The Morgan fingerprint density at radius 3 is 2.80 bits per heavy atom. The van der Waals surface area contributed by atoms with Gasteiger partial charge >= 0.3 is 0 Å². The van der Waals surface area contributed by atoms with Crippen LogP contribution in [0, 0.1) is 11.8 Å². The first kappa shape index (κ1) is 16.8. The zero-order valence-corrected chi connectivity index (χ0v) is 15.1. The van der Waals surface area contributed by atoms with Gasteiger partial charge in [-0.15, -0.1) is 0 Å². The van der Waals surface area contributed by atoms with Crippen molar-refractivity contribution in [3.05, 3.63) is 53.9 Å². The summed E-state index contributed by atoms with van der Waals surface area (Å²) >= 11 is 0. The molecule has 1 aliphatic heterocycles. The molecule has 1 saturated carbocycles. The molecule has 0 unspecified atom stereocenters. The number of rotatable bonds is 5. The first-order chi connectivity index (χ1) is 12.2. The minimum absolute atomic E-state index is 0.431. The number of nitrogens with zero attached hydrogens (tertiary/aromatic N) is 3. The molecule has 4 rings (SSSR count). The van der Waals surface area contributed by atoms with Crippen LogP contribution < -0.4 is 0 Å². The van der Waals surface area contributed by atoms with Gasteiger partial charge in [0, 0.05) is 37.9 Å². The summed E-state index contributed by atoms with van der Waals surface area (Å²) in [4.78, 5) is 2.55. The van der Waals surface area contributed by atoms with Gasteiger partial charge in [0.15, 0.2) is 0 Å². The summed E-state index contributed by atoms with van der Waals surface area (Å²) in [5.74, 6) is 1.13. The van der Waals surface area contributed by atoms with Gasteiger partial charge in [-0.25, -0.2) is 0 Å². The number of aromatic nitrogens is 2. The van der Waals surface area contributed by atoms with Gasteiger partial charge in [0.05, 0.1) is 12.1 Å². The molecular formula is C21H29N3O. The second-order valence-corrected chi connectivity index (χ2v) is 7.93. The summed E-state index contributed by atoms with van der Waals surface area (Å²) in [6, 6.07) is 10.8. The zero-order valence-electron chi connectivity index (χ0n) is 15.1. The maximum atomic E-state index is 11.0. The average Bonchev–Trinajstić information content (AvgIpc) is 3.25. The lowest BCUT2D eigenvalue weighted by Gasteiger charge is -2.40. The number of fused-ring (bicyclic) bond motifs is 1. The molecule has 1 aromatic carbocycles. The third-order valence-electron chi connectivity index (χ3n) is 6.31. The molecule has 4 heteroatoms. The smallest absolute Gasteiger partial charge is 0.0688 e. The number of aliphatic hydroxyl groups is 1. The molecule has 134 valence electrons. The van der Waals surface area contributed by atoms with Crippen molar-refractivity contribution in [2.75, 3.05) is 13.1 Å². The van der Waals surface area contributed by atoms with Crippen molar-refractivity contribution in [2.24, 2.45) is 11.8 Å². The van der Waals surface area contributed by atoms with E-state index in [1.54, 1.807) is 0 Å². The lowest BCUT2D eigenvalue weighted by atomic mass is 9.69. The third-order valence-corrected chi connectivity index (χ3v) is 6.31. The van der Waals surface area contributed by atoms with Crippen LogP contribution >= 0.6 is 0 Å². The summed E-state index contributed by atoms with van der Waals surface area (Å²) in [5.41, 5.74) is 2.23. The molecule has 3 atom stereocenters. The highest BCUT2D eigenvalue weighted by Crippen LogP contribution is 2.44. The Kier molecular flexibility index (Phi) is 4.65. The molecule has 0 radical (unpaired) electrons. The third kappa shape index (κ3) is 3.51. The molecule has 2 heterocycles. The van der Waals surface area contributed by atoms with E-state index < -0.39 is 5.60 Å². The Morgan fingerprint density at radius 2 is 2.04 bits per heavy atom. The Balaban J connectivity index is 1.43. The zero-order chi connectivity index (χ0) is 17.3.